The van der Waals surface area contributed by atoms with Crippen LogP contribution in [-0.2, 0) is 16.6 Å². The lowest BCUT2D eigenvalue weighted by atomic mass is 9.94. The van der Waals surface area contributed by atoms with Gasteiger partial charge < -0.3 is 15.3 Å². The fourth-order valence-electron chi connectivity index (χ4n) is 4.85. The second kappa shape index (κ2) is 11.1. The molecule has 0 bridgehead atoms. The second-order valence-corrected chi connectivity index (χ2v) is 12.8. The maximum Gasteiger partial charge on any atom is 0.256 e. The molecule has 6 rings (SSSR count). The molecule has 1 aliphatic carbocycles. The number of β-amino-alcohol motifs (C(OH)–C–C–N with tert-alkyl or cyclic N) is 1. The van der Waals surface area contributed by atoms with Gasteiger partial charge in [0.15, 0.2) is 5.82 Å². The molecule has 1 atom stereocenters. The highest BCUT2D eigenvalue weighted by atomic mass is 32.2. The lowest BCUT2D eigenvalue weighted by Crippen LogP contribution is -2.46. The minimum Gasteiger partial charge on any atom is -0.388 e. The van der Waals surface area contributed by atoms with Crippen LogP contribution in [0.2, 0.25) is 0 Å². The Labute approximate surface area is 242 Å². The Kier molecular flexibility index (Phi) is 7.38. The molecule has 42 heavy (non-hydrogen) atoms. The Morgan fingerprint density at radius 2 is 2.00 bits per heavy atom. The van der Waals surface area contributed by atoms with Gasteiger partial charge in [0, 0.05) is 37.7 Å². The van der Waals surface area contributed by atoms with Gasteiger partial charge in [-0.2, -0.15) is 14.3 Å². The molecule has 0 unspecified atom stereocenters. The number of aryl methyl sites for hydroxylation is 1. The molecule has 0 aromatic carbocycles. The highest BCUT2D eigenvalue weighted by molar-refractivity contribution is 7.90. The van der Waals surface area contributed by atoms with E-state index >= 15 is 0 Å². The highest BCUT2D eigenvalue weighted by Crippen LogP contribution is 2.32. The zero-order valence-corrected chi connectivity index (χ0v) is 23.8. The van der Waals surface area contributed by atoms with Gasteiger partial charge in [0.25, 0.3) is 10.0 Å². The van der Waals surface area contributed by atoms with E-state index in [1.807, 2.05) is 13.0 Å². The van der Waals surface area contributed by atoms with Crippen LogP contribution in [0, 0.1) is 11.8 Å². The number of rotatable bonds is 8. The largest absolute Gasteiger partial charge is 0.388 e. The van der Waals surface area contributed by atoms with Crippen molar-refractivity contribution in [3.05, 3.63) is 60.4 Å². The van der Waals surface area contributed by atoms with E-state index in [4.69, 9.17) is 0 Å². The maximum atomic E-state index is 12.7. The summed E-state index contributed by atoms with van der Waals surface area (Å²) in [4.78, 5) is 15.5. The molecule has 12 nitrogen and oxygen atoms in total. The maximum absolute atomic E-state index is 12.7. The van der Waals surface area contributed by atoms with Crippen molar-refractivity contribution in [2.24, 2.45) is 0 Å². The molecule has 2 N–H and O–H groups in total. The molecule has 4 aromatic heterocycles. The fourth-order valence-corrected chi connectivity index (χ4v) is 6.33. The van der Waals surface area contributed by atoms with Gasteiger partial charge in [-0.15, -0.1) is 0 Å². The molecule has 2 aliphatic rings. The average molecular weight is 592 g/mol. The number of aliphatic hydroxyl groups is 1. The molecule has 0 spiro atoms. The summed E-state index contributed by atoms with van der Waals surface area (Å²) in [5, 5.41) is 21.7. The fraction of sp³-hybridized carbons (Fsp3) is 0.393. The van der Waals surface area contributed by atoms with E-state index in [-0.39, 0.29) is 11.8 Å². The summed E-state index contributed by atoms with van der Waals surface area (Å²) in [7, 11) is -3.49. The first-order valence-electron chi connectivity index (χ1n) is 13.7. The number of hydrogen-bond donors (Lipinski definition) is 2. The van der Waals surface area contributed by atoms with Crippen LogP contribution in [0.5, 0.6) is 0 Å². The highest BCUT2D eigenvalue weighted by Gasteiger charge is 2.37. The van der Waals surface area contributed by atoms with Crippen LogP contribution in [-0.4, -0.2) is 78.1 Å². The second-order valence-electron chi connectivity index (χ2n) is 10.8. The summed E-state index contributed by atoms with van der Waals surface area (Å²) in [6.07, 6.45) is 12.2. The Bertz CT molecular complexity index is 1770. The van der Waals surface area contributed by atoms with Crippen LogP contribution in [0.15, 0.2) is 49.3 Å². The molecule has 2 fully saturated rings. The first-order chi connectivity index (χ1) is 20.2. The Hall–Kier alpha value is -4.35. The van der Waals surface area contributed by atoms with E-state index in [0.29, 0.717) is 60.0 Å². The summed E-state index contributed by atoms with van der Waals surface area (Å²) < 4.78 is 40.2. The van der Waals surface area contributed by atoms with Gasteiger partial charge in [0.1, 0.15) is 18.3 Å². The van der Waals surface area contributed by atoms with E-state index in [2.05, 4.69) is 47.2 Å². The lowest BCUT2D eigenvalue weighted by Gasteiger charge is -2.38. The van der Waals surface area contributed by atoms with Crippen molar-refractivity contribution in [2.45, 2.75) is 50.0 Å². The van der Waals surface area contributed by atoms with Gasteiger partial charge in [-0.25, -0.2) is 27.8 Å². The molecule has 1 aliphatic heterocycles. The smallest absolute Gasteiger partial charge is 0.256 e. The van der Waals surface area contributed by atoms with Crippen molar-refractivity contribution < 1.29 is 17.9 Å². The normalized spacial score (nSPS) is 18.9. The summed E-state index contributed by atoms with van der Waals surface area (Å²) in [5.41, 5.74) is 1.77. The van der Waals surface area contributed by atoms with E-state index in [1.54, 1.807) is 30.9 Å². The van der Waals surface area contributed by atoms with E-state index in [9.17, 15) is 17.9 Å². The third kappa shape index (κ3) is 6.12. The minimum absolute atomic E-state index is 0.171. The number of hydrogen-bond acceptors (Lipinski definition) is 10. The molecular formula is C28H30FN9O3S. The predicted octanol–water partition coefficient (Wildman–Crippen LogP) is 2.74. The molecular weight excluding hydrogens is 561 g/mol. The molecule has 14 heteroatoms. The van der Waals surface area contributed by atoms with Crippen molar-refractivity contribution in [1.29, 1.82) is 0 Å². The van der Waals surface area contributed by atoms with Crippen molar-refractivity contribution in [3.63, 3.8) is 0 Å². The quantitative estimate of drug-likeness (QED) is 0.294. The van der Waals surface area contributed by atoms with Gasteiger partial charge in [-0.3, -0.25) is 4.68 Å². The van der Waals surface area contributed by atoms with Crippen LogP contribution in [0.25, 0.3) is 11.4 Å². The minimum atomic E-state index is -3.49. The molecule has 0 radical (unpaired) electrons. The topological polar surface area (TPSA) is 144 Å². The number of anilines is 3. The SMILES string of the molecule is C[C@]1(O)CCCN(c2cc(Nc3ccnc(-c4cnn(S(=O)(=O)C5CC5)c4)n3)ncc2C#Cc2cnn(CCF)c2)C1. The van der Waals surface area contributed by atoms with Crippen molar-refractivity contribution in [2.75, 3.05) is 30.0 Å². The van der Waals surface area contributed by atoms with Gasteiger partial charge in [0.2, 0.25) is 0 Å². The first kappa shape index (κ1) is 27.8. The summed E-state index contributed by atoms with van der Waals surface area (Å²) >= 11 is 0. The number of pyridine rings is 1. The van der Waals surface area contributed by atoms with Gasteiger partial charge in [-0.05, 0) is 38.7 Å². The van der Waals surface area contributed by atoms with Crippen LogP contribution in [0.1, 0.15) is 43.7 Å². The third-order valence-corrected chi connectivity index (χ3v) is 9.16. The Morgan fingerprint density at radius 1 is 1.14 bits per heavy atom. The third-order valence-electron chi connectivity index (χ3n) is 7.12. The summed E-state index contributed by atoms with van der Waals surface area (Å²) in [6, 6.07) is 3.55. The number of halogens is 1. The zero-order chi connectivity index (χ0) is 29.3. The average Bonchev–Trinajstić information content (AvgIpc) is 3.54. The monoisotopic (exact) mass is 591 g/mol. The predicted molar refractivity (Wildman–Crippen MR) is 154 cm³/mol. The van der Waals surface area contributed by atoms with E-state index in [1.165, 1.54) is 17.1 Å². The molecule has 0 amide bonds. The Balaban J connectivity index is 1.27. The van der Waals surface area contributed by atoms with E-state index < -0.39 is 22.3 Å². The van der Waals surface area contributed by atoms with Gasteiger partial charge >= 0.3 is 0 Å². The van der Waals surface area contributed by atoms with Gasteiger partial charge in [0.05, 0.1) is 58.4 Å². The van der Waals surface area contributed by atoms with Crippen LogP contribution >= 0.6 is 0 Å². The summed E-state index contributed by atoms with van der Waals surface area (Å²) in [5.74, 6) is 7.53. The molecule has 5 heterocycles. The van der Waals surface area contributed by atoms with Crippen LogP contribution in [0.4, 0.5) is 21.7 Å². The number of alkyl halides is 1. The number of aromatic nitrogens is 7. The molecule has 4 aromatic rings. The van der Waals surface area contributed by atoms with Crippen molar-refractivity contribution in [3.8, 4) is 23.2 Å². The van der Waals surface area contributed by atoms with Crippen LogP contribution in [0.3, 0.4) is 0 Å². The van der Waals surface area contributed by atoms with Crippen LogP contribution < -0.4 is 10.2 Å². The zero-order valence-electron chi connectivity index (χ0n) is 23.0. The van der Waals surface area contributed by atoms with Gasteiger partial charge in [-0.1, -0.05) is 11.8 Å². The van der Waals surface area contributed by atoms with Crippen molar-refractivity contribution in [1.82, 2.24) is 33.9 Å². The lowest BCUT2D eigenvalue weighted by molar-refractivity contribution is 0.0449. The number of nitrogens with one attached hydrogen (secondary N) is 1. The standard InChI is InChI=1S/C28H30FN9O3S/c1-28(39)8-2-11-36(19-28)24-13-26(31-15-21(24)4-3-20-14-32-37(17-20)12-9-29)34-25-7-10-30-27(35-25)22-16-33-38(18-22)42(40,41)23-5-6-23/h7,10,13-18,23,39H,2,5-6,8-9,11-12,19H2,1H3,(H,30,31,34,35)/t28-/m0/s1. The van der Waals surface area contributed by atoms with Crippen molar-refractivity contribution >= 4 is 27.3 Å². The Morgan fingerprint density at radius 3 is 2.79 bits per heavy atom. The number of nitrogens with zero attached hydrogens (tertiary/aromatic N) is 8. The van der Waals surface area contributed by atoms with E-state index in [0.717, 1.165) is 22.7 Å². The molecule has 1 saturated heterocycles. The first-order valence-corrected chi connectivity index (χ1v) is 15.2. The molecule has 218 valence electrons. The summed E-state index contributed by atoms with van der Waals surface area (Å²) in [6.45, 7) is 2.67. The number of piperidine rings is 1. The molecule has 1 saturated carbocycles.